The topological polar surface area (TPSA) is 229 Å². The van der Waals surface area contributed by atoms with Crippen LogP contribution in [0.15, 0.2) is 84.8 Å². The Hall–Kier alpha value is -6.25. The largest absolute Gasteiger partial charge is 0.480 e. The summed E-state index contributed by atoms with van der Waals surface area (Å²) in [6.45, 7) is 11.2. The number of hydrogen-bond donors (Lipinski definition) is 7. The van der Waals surface area contributed by atoms with Gasteiger partial charge in [0, 0.05) is 30.6 Å². The summed E-state index contributed by atoms with van der Waals surface area (Å²) in [4.78, 5) is 74.4. The highest BCUT2D eigenvalue weighted by atomic mass is 16.6. The summed E-state index contributed by atoms with van der Waals surface area (Å²) in [6.07, 6.45) is 0.752. The van der Waals surface area contributed by atoms with Crippen LogP contribution in [0.2, 0.25) is 0 Å². The Kier molecular flexibility index (Phi) is 16.1. The quantitative estimate of drug-likeness (QED) is 0.0595. The molecule has 0 aromatic heterocycles. The number of anilines is 2. The SMILES string of the molecule is Cc1ccc(N/C(=C/[N+](=O)[O-])Nc2ccc(CC(=O)NC(CC(C)C)C(=O)NC(Cc3ccccc3CC(NC(=O)CC(C)(C)C)C(=O)O)C(=O)O)cc2)cc1. The molecule has 0 heterocycles. The third-order valence-corrected chi connectivity index (χ3v) is 8.43. The molecule has 15 heteroatoms. The van der Waals surface area contributed by atoms with E-state index in [9.17, 15) is 44.3 Å². The number of rotatable bonds is 20. The fourth-order valence-electron chi connectivity index (χ4n) is 5.78. The highest BCUT2D eigenvalue weighted by Crippen LogP contribution is 2.20. The van der Waals surface area contributed by atoms with E-state index in [1.165, 1.54) is 0 Å². The van der Waals surface area contributed by atoms with Gasteiger partial charge in [-0.15, -0.1) is 0 Å². The lowest BCUT2D eigenvalue weighted by molar-refractivity contribution is -0.403. The van der Waals surface area contributed by atoms with Crippen LogP contribution in [0.3, 0.4) is 0 Å². The van der Waals surface area contributed by atoms with E-state index in [-0.39, 0.29) is 49.3 Å². The molecule has 300 valence electrons. The number of carbonyl (C=O) groups excluding carboxylic acids is 3. The second kappa shape index (κ2) is 20.4. The molecular formula is C41H52N6O9. The zero-order valence-electron chi connectivity index (χ0n) is 32.5. The van der Waals surface area contributed by atoms with Gasteiger partial charge >= 0.3 is 11.9 Å². The normalized spacial score (nSPS) is 13.2. The molecule has 3 amide bonds. The monoisotopic (exact) mass is 772 g/mol. The van der Waals surface area contributed by atoms with Gasteiger partial charge < -0.3 is 36.8 Å². The van der Waals surface area contributed by atoms with Crippen molar-refractivity contribution < 1.29 is 39.1 Å². The highest BCUT2D eigenvalue weighted by molar-refractivity contribution is 5.91. The molecule has 3 aromatic rings. The molecule has 15 nitrogen and oxygen atoms in total. The zero-order valence-corrected chi connectivity index (χ0v) is 32.5. The van der Waals surface area contributed by atoms with Gasteiger partial charge in [-0.3, -0.25) is 24.5 Å². The van der Waals surface area contributed by atoms with Crippen LogP contribution in [0, 0.1) is 28.4 Å². The molecule has 7 N–H and O–H groups in total. The first-order valence-corrected chi connectivity index (χ1v) is 18.2. The molecule has 0 aliphatic heterocycles. The van der Waals surface area contributed by atoms with Gasteiger partial charge in [0.25, 0.3) is 6.20 Å². The number of nitrogens with zero attached hydrogens (tertiary/aromatic N) is 1. The van der Waals surface area contributed by atoms with Crippen LogP contribution in [0.5, 0.6) is 0 Å². The first-order chi connectivity index (χ1) is 26.3. The number of amides is 3. The van der Waals surface area contributed by atoms with Crippen LogP contribution in [-0.2, 0) is 43.2 Å². The van der Waals surface area contributed by atoms with Crippen LogP contribution < -0.4 is 26.6 Å². The summed E-state index contributed by atoms with van der Waals surface area (Å²) < 4.78 is 0. The molecule has 0 saturated carbocycles. The van der Waals surface area contributed by atoms with Crippen molar-refractivity contribution in [1.82, 2.24) is 16.0 Å². The number of aryl methyl sites for hydroxylation is 1. The van der Waals surface area contributed by atoms with Crippen LogP contribution in [0.1, 0.15) is 69.7 Å². The molecule has 0 saturated heterocycles. The first-order valence-electron chi connectivity index (χ1n) is 18.2. The van der Waals surface area contributed by atoms with Crippen molar-refractivity contribution in [3.63, 3.8) is 0 Å². The number of nitro groups is 1. The van der Waals surface area contributed by atoms with Crippen LogP contribution in [-0.4, -0.2) is 62.9 Å². The minimum atomic E-state index is -1.41. The van der Waals surface area contributed by atoms with E-state index >= 15 is 0 Å². The molecule has 0 fully saturated rings. The fourth-order valence-corrected chi connectivity index (χ4v) is 5.78. The molecule has 0 bridgehead atoms. The lowest BCUT2D eigenvalue weighted by atomic mass is 9.91. The average molecular weight is 773 g/mol. The first kappa shape index (κ1) is 44.1. The van der Waals surface area contributed by atoms with Gasteiger partial charge in [-0.1, -0.05) is 88.7 Å². The van der Waals surface area contributed by atoms with Gasteiger partial charge in [0.15, 0.2) is 5.82 Å². The van der Waals surface area contributed by atoms with Gasteiger partial charge in [-0.05, 0) is 65.6 Å². The second-order valence-corrected chi connectivity index (χ2v) is 15.3. The predicted molar refractivity (Wildman–Crippen MR) is 212 cm³/mol. The van der Waals surface area contributed by atoms with Crippen molar-refractivity contribution in [3.05, 3.63) is 117 Å². The van der Waals surface area contributed by atoms with Crippen molar-refractivity contribution in [1.29, 1.82) is 0 Å². The maximum atomic E-state index is 13.5. The van der Waals surface area contributed by atoms with Crippen molar-refractivity contribution in [3.8, 4) is 0 Å². The fraction of sp³-hybridized carbons (Fsp3) is 0.390. The van der Waals surface area contributed by atoms with Gasteiger partial charge in [0.1, 0.15) is 18.1 Å². The van der Waals surface area contributed by atoms with Gasteiger partial charge in [-0.2, -0.15) is 0 Å². The van der Waals surface area contributed by atoms with Crippen molar-refractivity contribution in [2.24, 2.45) is 11.3 Å². The average Bonchev–Trinajstić information content (AvgIpc) is 3.08. The van der Waals surface area contributed by atoms with Crippen molar-refractivity contribution in [2.45, 2.75) is 91.8 Å². The van der Waals surface area contributed by atoms with Gasteiger partial charge in [0.05, 0.1) is 11.3 Å². The number of hydrogen-bond acceptors (Lipinski definition) is 9. The van der Waals surface area contributed by atoms with E-state index in [2.05, 4.69) is 26.6 Å². The number of nitrogens with one attached hydrogen (secondary N) is 5. The molecule has 3 rings (SSSR count). The van der Waals surface area contributed by atoms with Crippen molar-refractivity contribution >= 4 is 41.0 Å². The minimum absolute atomic E-state index is 0.0446. The van der Waals surface area contributed by atoms with Crippen LogP contribution >= 0.6 is 0 Å². The third kappa shape index (κ3) is 15.6. The van der Waals surface area contributed by atoms with Gasteiger partial charge in [0.2, 0.25) is 17.7 Å². The maximum Gasteiger partial charge on any atom is 0.326 e. The lowest BCUT2D eigenvalue weighted by Crippen LogP contribution is -2.53. The number of benzene rings is 3. The van der Waals surface area contributed by atoms with Crippen molar-refractivity contribution in [2.75, 3.05) is 10.6 Å². The maximum absolute atomic E-state index is 13.5. The number of aliphatic carboxylic acids is 2. The second-order valence-electron chi connectivity index (χ2n) is 15.3. The lowest BCUT2D eigenvalue weighted by Gasteiger charge is -2.24. The summed E-state index contributed by atoms with van der Waals surface area (Å²) in [6, 6.07) is 16.9. The van der Waals surface area contributed by atoms with Crippen LogP contribution in [0.25, 0.3) is 0 Å². The van der Waals surface area contributed by atoms with Crippen LogP contribution in [0.4, 0.5) is 11.4 Å². The Morgan fingerprint density at radius 1 is 0.732 bits per heavy atom. The Labute approximate surface area is 326 Å². The highest BCUT2D eigenvalue weighted by Gasteiger charge is 2.29. The minimum Gasteiger partial charge on any atom is -0.480 e. The molecule has 56 heavy (non-hydrogen) atoms. The number of carboxylic acids is 2. The Bertz CT molecular complexity index is 1890. The van der Waals surface area contributed by atoms with E-state index in [1.807, 2.05) is 53.7 Å². The predicted octanol–water partition coefficient (Wildman–Crippen LogP) is 5.03. The van der Waals surface area contributed by atoms with E-state index in [1.54, 1.807) is 60.7 Å². The van der Waals surface area contributed by atoms with E-state index in [4.69, 9.17) is 0 Å². The summed E-state index contributed by atoms with van der Waals surface area (Å²) >= 11 is 0. The Balaban J connectivity index is 1.68. The standard InChI is InChI=1S/C41H52N6O9/c1-25(2)19-32(44-36(48)20-27-13-17-31(18-14-27)43-35(24-47(55)56)42-30-15-11-26(3)12-16-30)38(50)46-34(40(53)54)22-29-10-8-7-9-28(29)21-33(39(51)52)45-37(49)23-41(4,5)6/h7-18,24-25,32-34,42-43H,19-23H2,1-6H3,(H,44,48)(H,45,49)(H,46,50)(H,51,52)(H,53,54)/b35-24-. The number of carbonyl (C=O) groups is 5. The van der Waals surface area contributed by atoms with E-state index < -0.39 is 52.7 Å². The summed E-state index contributed by atoms with van der Waals surface area (Å²) in [5.74, 6) is -4.08. The molecule has 3 unspecified atom stereocenters. The zero-order chi connectivity index (χ0) is 41.6. The molecule has 3 atom stereocenters. The summed E-state index contributed by atoms with van der Waals surface area (Å²) in [5.41, 5.74) is 3.41. The molecule has 0 spiro atoms. The van der Waals surface area contributed by atoms with E-state index in [0.717, 1.165) is 11.8 Å². The van der Waals surface area contributed by atoms with E-state index in [0.29, 0.717) is 28.1 Å². The summed E-state index contributed by atoms with van der Waals surface area (Å²) in [7, 11) is 0. The third-order valence-electron chi connectivity index (χ3n) is 8.43. The molecule has 3 aromatic carbocycles. The summed E-state index contributed by atoms with van der Waals surface area (Å²) in [5, 5.41) is 45.0. The van der Waals surface area contributed by atoms with Gasteiger partial charge in [-0.25, -0.2) is 9.59 Å². The molecule has 0 aliphatic rings. The molecule has 0 radical (unpaired) electrons. The smallest absolute Gasteiger partial charge is 0.326 e. The molecular weight excluding hydrogens is 720 g/mol. The Morgan fingerprint density at radius 3 is 1.68 bits per heavy atom. The Morgan fingerprint density at radius 2 is 1.21 bits per heavy atom. The number of carboxylic acid groups (broad SMARTS) is 2. The molecule has 0 aliphatic carbocycles.